The largest absolute Gasteiger partial charge is 0.379 e. The summed E-state index contributed by atoms with van der Waals surface area (Å²) in [7, 11) is 0. The Labute approximate surface area is 109 Å². The van der Waals surface area contributed by atoms with E-state index in [0.29, 0.717) is 0 Å². The number of carbonyl (C=O) groups is 1. The maximum atomic E-state index is 12.0. The van der Waals surface area contributed by atoms with E-state index >= 15 is 0 Å². The van der Waals surface area contributed by atoms with E-state index in [1.54, 1.807) is 11.3 Å². The van der Waals surface area contributed by atoms with Crippen LogP contribution in [0.3, 0.4) is 0 Å². The van der Waals surface area contributed by atoms with Crippen molar-refractivity contribution in [3.05, 3.63) is 22.4 Å². The number of likely N-dealkylation sites (tertiary alicyclic amines) is 1. The van der Waals surface area contributed by atoms with E-state index < -0.39 is 0 Å². The minimum atomic E-state index is 0.00483. The van der Waals surface area contributed by atoms with E-state index in [-0.39, 0.29) is 22.9 Å². The normalized spacial score (nSPS) is 19.5. The molecule has 3 N–H and O–H groups in total. The molecule has 1 aliphatic rings. The molecule has 4 nitrogen and oxygen atoms in total. The molecule has 0 bridgehead atoms. The third kappa shape index (κ3) is 3.01. The molecule has 0 saturated carbocycles. The second-order valence-electron chi connectivity index (χ2n) is 3.91. The zero-order valence-corrected chi connectivity index (χ0v) is 11.0. The van der Waals surface area contributed by atoms with E-state index in [1.165, 1.54) is 4.88 Å². The maximum absolute atomic E-state index is 12.0. The lowest BCUT2D eigenvalue weighted by atomic mass is 10.2. The first-order chi connectivity index (χ1) is 8.18. The van der Waals surface area contributed by atoms with Crippen molar-refractivity contribution >= 4 is 34.2 Å². The molecule has 2 heterocycles. The van der Waals surface area contributed by atoms with E-state index in [1.807, 2.05) is 16.3 Å². The minimum Gasteiger partial charge on any atom is -0.379 e. The third-order valence-electron chi connectivity index (χ3n) is 2.80. The molecular weight excluding hydrogens is 254 g/mol. The SMILES string of the molecule is N=C(N)SCC(=O)N1CCCC1c1cccs1. The molecule has 2 rings (SSSR count). The lowest BCUT2D eigenvalue weighted by Crippen LogP contribution is -2.32. The van der Waals surface area contributed by atoms with Gasteiger partial charge in [0, 0.05) is 11.4 Å². The highest BCUT2D eigenvalue weighted by molar-refractivity contribution is 8.14. The topological polar surface area (TPSA) is 70.2 Å². The Morgan fingerprint density at radius 3 is 3.18 bits per heavy atom. The number of hydrogen-bond acceptors (Lipinski definition) is 4. The van der Waals surface area contributed by atoms with Crippen molar-refractivity contribution in [1.82, 2.24) is 4.90 Å². The summed E-state index contributed by atoms with van der Waals surface area (Å²) in [6, 6.07) is 4.33. The lowest BCUT2D eigenvalue weighted by Gasteiger charge is -2.23. The van der Waals surface area contributed by atoms with E-state index in [4.69, 9.17) is 11.1 Å². The summed E-state index contributed by atoms with van der Waals surface area (Å²) in [6.45, 7) is 0.819. The standard InChI is InChI=1S/C11H15N3OS2/c12-11(13)17-7-10(15)14-5-1-3-8(14)9-4-2-6-16-9/h2,4,6,8H,1,3,5,7H2,(H3,12,13). The highest BCUT2D eigenvalue weighted by Crippen LogP contribution is 2.34. The predicted molar refractivity (Wildman–Crippen MR) is 72.4 cm³/mol. The summed E-state index contributed by atoms with van der Waals surface area (Å²) in [5, 5.41) is 9.17. The van der Waals surface area contributed by atoms with Gasteiger partial charge in [0.2, 0.25) is 5.91 Å². The van der Waals surface area contributed by atoms with Gasteiger partial charge >= 0.3 is 0 Å². The predicted octanol–water partition coefficient (Wildman–Crippen LogP) is 2.04. The van der Waals surface area contributed by atoms with Crippen LogP contribution in [-0.4, -0.2) is 28.3 Å². The van der Waals surface area contributed by atoms with Crippen molar-refractivity contribution in [2.45, 2.75) is 18.9 Å². The average Bonchev–Trinajstić information content (AvgIpc) is 2.94. The number of amidine groups is 1. The van der Waals surface area contributed by atoms with Crippen molar-refractivity contribution < 1.29 is 4.79 Å². The molecule has 1 saturated heterocycles. The average molecular weight is 269 g/mol. The van der Waals surface area contributed by atoms with Crippen LogP contribution in [0.1, 0.15) is 23.8 Å². The van der Waals surface area contributed by atoms with Crippen LogP contribution in [0.4, 0.5) is 0 Å². The van der Waals surface area contributed by atoms with Crippen LogP contribution in [0.25, 0.3) is 0 Å². The highest BCUT2D eigenvalue weighted by Gasteiger charge is 2.30. The Morgan fingerprint density at radius 1 is 1.71 bits per heavy atom. The van der Waals surface area contributed by atoms with Crippen LogP contribution in [-0.2, 0) is 4.79 Å². The fourth-order valence-electron chi connectivity index (χ4n) is 2.06. The van der Waals surface area contributed by atoms with Crippen molar-refractivity contribution in [2.75, 3.05) is 12.3 Å². The van der Waals surface area contributed by atoms with Gasteiger partial charge in [-0.3, -0.25) is 10.2 Å². The van der Waals surface area contributed by atoms with Gasteiger partial charge in [0.1, 0.15) is 0 Å². The number of nitrogens with two attached hydrogens (primary N) is 1. The molecule has 1 unspecified atom stereocenters. The van der Waals surface area contributed by atoms with Crippen molar-refractivity contribution in [2.24, 2.45) is 5.73 Å². The fraction of sp³-hybridized carbons (Fsp3) is 0.455. The number of carbonyl (C=O) groups excluding carboxylic acids is 1. The Balaban J connectivity index is 1.99. The van der Waals surface area contributed by atoms with Gasteiger partial charge in [0.15, 0.2) is 5.17 Å². The Kier molecular flexibility index (Phi) is 4.06. The molecule has 1 aromatic heterocycles. The van der Waals surface area contributed by atoms with Gasteiger partial charge in [-0.1, -0.05) is 17.8 Å². The quantitative estimate of drug-likeness (QED) is 0.651. The van der Waals surface area contributed by atoms with Crippen LogP contribution >= 0.6 is 23.1 Å². The lowest BCUT2D eigenvalue weighted by molar-refractivity contribution is -0.129. The molecule has 1 fully saturated rings. The van der Waals surface area contributed by atoms with Gasteiger partial charge in [-0.25, -0.2) is 0 Å². The highest BCUT2D eigenvalue weighted by atomic mass is 32.2. The summed E-state index contributed by atoms with van der Waals surface area (Å²) in [6.07, 6.45) is 2.09. The number of nitrogens with zero attached hydrogens (tertiary/aromatic N) is 1. The third-order valence-corrected chi connectivity index (χ3v) is 4.47. The fourth-order valence-corrected chi connectivity index (χ4v) is 3.38. The summed E-state index contributed by atoms with van der Waals surface area (Å²) in [4.78, 5) is 15.2. The molecule has 17 heavy (non-hydrogen) atoms. The first-order valence-corrected chi connectivity index (χ1v) is 7.34. The number of thiophene rings is 1. The number of hydrogen-bond donors (Lipinski definition) is 2. The maximum Gasteiger partial charge on any atom is 0.233 e. The van der Waals surface area contributed by atoms with E-state index in [9.17, 15) is 4.79 Å². The molecule has 1 aromatic rings. The summed E-state index contributed by atoms with van der Waals surface area (Å²) >= 11 is 2.80. The van der Waals surface area contributed by atoms with Gasteiger partial charge in [0.05, 0.1) is 11.8 Å². The molecule has 0 aromatic carbocycles. The number of amides is 1. The first-order valence-electron chi connectivity index (χ1n) is 5.48. The van der Waals surface area contributed by atoms with Crippen LogP contribution < -0.4 is 5.73 Å². The minimum absolute atomic E-state index is 0.00483. The van der Waals surface area contributed by atoms with E-state index in [2.05, 4.69) is 6.07 Å². The summed E-state index contributed by atoms with van der Waals surface area (Å²) < 4.78 is 0. The van der Waals surface area contributed by atoms with Crippen LogP contribution in [0.15, 0.2) is 17.5 Å². The molecule has 0 spiro atoms. The van der Waals surface area contributed by atoms with Crippen LogP contribution in [0, 0.1) is 5.41 Å². The monoisotopic (exact) mass is 269 g/mol. The number of nitrogens with one attached hydrogen (secondary N) is 1. The van der Waals surface area contributed by atoms with Gasteiger partial charge < -0.3 is 10.6 Å². The molecule has 1 atom stereocenters. The van der Waals surface area contributed by atoms with Gasteiger partial charge in [0.25, 0.3) is 0 Å². The Hall–Kier alpha value is -1.01. The Morgan fingerprint density at radius 2 is 2.53 bits per heavy atom. The van der Waals surface area contributed by atoms with Crippen LogP contribution in [0.2, 0.25) is 0 Å². The van der Waals surface area contributed by atoms with Crippen LogP contribution in [0.5, 0.6) is 0 Å². The van der Waals surface area contributed by atoms with Gasteiger partial charge in [-0.2, -0.15) is 0 Å². The molecule has 92 valence electrons. The van der Waals surface area contributed by atoms with E-state index in [0.717, 1.165) is 31.1 Å². The second-order valence-corrected chi connectivity index (χ2v) is 5.91. The summed E-state index contributed by atoms with van der Waals surface area (Å²) in [5.41, 5.74) is 5.25. The van der Waals surface area contributed by atoms with Gasteiger partial charge in [-0.15, -0.1) is 11.3 Å². The molecule has 0 radical (unpaired) electrons. The molecule has 6 heteroatoms. The number of thioether (sulfide) groups is 1. The molecular formula is C11H15N3OS2. The van der Waals surface area contributed by atoms with Crippen molar-refractivity contribution in [1.29, 1.82) is 5.41 Å². The molecule has 0 aliphatic carbocycles. The second kappa shape index (κ2) is 5.55. The van der Waals surface area contributed by atoms with Gasteiger partial charge in [-0.05, 0) is 24.3 Å². The summed E-state index contributed by atoms with van der Waals surface area (Å²) in [5.74, 6) is 0.359. The zero-order chi connectivity index (χ0) is 12.3. The van der Waals surface area contributed by atoms with Crippen molar-refractivity contribution in [3.63, 3.8) is 0 Å². The molecule has 1 amide bonds. The smallest absolute Gasteiger partial charge is 0.233 e. The number of rotatable bonds is 3. The molecule has 1 aliphatic heterocycles. The first kappa shape index (κ1) is 12.4. The Bertz CT molecular complexity index is 405. The van der Waals surface area contributed by atoms with Crippen molar-refractivity contribution in [3.8, 4) is 0 Å². The zero-order valence-electron chi connectivity index (χ0n) is 9.39.